The minimum Gasteiger partial charge on any atom is -0.382 e. The molecule has 1 aliphatic heterocycles. The highest BCUT2D eigenvalue weighted by Gasteiger charge is 2.30. The minimum atomic E-state index is -0.165. The largest absolute Gasteiger partial charge is 0.382 e. The zero-order valence-electron chi connectivity index (χ0n) is 13.2. The third-order valence-corrected chi connectivity index (χ3v) is 4.21. The molecule has 0 aliphatic carbocycles. The van der Waals surface area contributed by atoms with Crippen molar-refractivity contribution >= 4 is 11.7 Å². The second kappa shape index (κ2) is 6.75. The van der Waals surface area contributed by atoms with Crippen LogP contribution in [-0.4, -0.2) is 40.4 Å². The number of benzene rings is 1. The van der Waals surface area contributed by atoms with Gasteiger partial charge in [-0.15, -0.1) is 0 Å². The van der Waals surface area contributed by atoms with E-state index in [0.29, 0.717) is 6.54 Å². The number of hydrogen-bond donors (Lipinski definition) is 2. The molecule has 1 unspecified atom stereocenters. The summed E-state index contributed by atoms with van der Waals surface area (Å²) in [6.07, 6.45) is 3.99. The van der Waals surface area contributed by atoms with Crippen LogP contribution in [0.2, 0.25) is 0 Å². The van der Waals surface area contributed by atoms with Gasteiger partial charge >= 0.3 is 0 Å². The molecule has 120 valence electrons. The molecule has 2 aromatic rings. The Hall–Kier alpha value is -2.47. The molecule has 0 bridgehead atoms. The van der Waals surface area contributed by atoms with Crippen LogP contribution >= 0.6 is 0 Å². The molecule has 1 fully saturated rings. The third-order valence-electron chi connectivity index (χ3n) is 4.21. The lowest BCUT2D eigenvalue weighted by atomic mass is 10.0. The molecule has 1 amide bonds. The summed E-state index contributed by atoms with van der Waals surface area (Å²) in [5.41, 5.74) is 8.44. The fourth-order valence-corrected chi connectivity index (χ4v) is 2.87. The zero-order valence-corrected chi connectivity index (χ0v) is 13.2. The molecule has 0 radical (unpaired) electrons. The van der Waals surface area contributed by atoms with E-state index in [1.54, 1.807) is 0 Å². The normalized spacial score (nSPS) is 18.0. The quantitative estimate of drug-likeness (QED) is 0.895. The topological polar surface area (TPSA) is 84.1 Å². The Morgan fingerprint density at radius 3 is 2.74 bits per heavy atom. The minimum absolute atomic E-state index is 0.0245. The molecule has 3 N–H and O–H groups in total. The number of carbonyl (C=O) groups excluding carboxylic acids is 1. The van der Waals surface area contributed by atoms with Crippen LogP contribution in [0, 0.1) is 0 Å². The van der Waals surface area contributed by atoms with Crippen molar-refractivity contribution in [3.05, 3.63) is 53.5 Å². The first-order valence-corrected chi connectivity index (χ1v) is 7.87. The van der Waals surface area contributed by atoms with Crippen LogP contribution in [0.3, 0.4) is 0 Å². The molecular formula is C17H21N5O. The summed E-state index contributed by atoms with van der Waals surface area (Å²) < 4.78 is 0. The van der Waals surface area contributed by atoms with E-state index in [9.17, 15) is 4.79 Å². The van der Waals surface area contributed by atoms with Gasteiger partial charge in [0, 0.05) is 32.0 Å². The maximum absolute atomic E-state index is 12.8. The van der Waals surface area contributed by atoms with Crippen molar-refractivity contribution < 1.29 is 4.79 Å². The number of nitrogens with zero attached hydrogens (tertiary/aromatic N) is 3. The summed E-state index contributed by atoms with van der Waals surface area (Å²) >= 11 is 0. The summed E-state index contributed by atoms with van der Waals surface area (Å²) in [5, 5.41) is 3.35. The molecule has 0 spiro atoms. The van der Waals surface area contributed by atoms with Crippen molar-refractivity contribution in [2.75, 3.05) is 25.4 Å². The van der Waals surface area contributed by atoms with E-state index in [2.05, 4.69) is 46.5 Å². The van der Waals surface area contributed by atoms with Gasteiger partial charge in [-0.05, 0) is 17.5 Å². The molecular weight excluding hydrogens is 290 g/mol. The van der Waals surface area contributed by atoms with Crippen LogP contribution in [0.15, 0.2) is 36.7 Å². The van der Waals surface area contributed by atoms with Crippen molar-refractivity contribution in [1.82, 2.24) is 20.2 Å². The van der Waals surface area contributed by atoms with E-state index in [-0.39, 0.29) is 23.5 Å². The highest BCUT2D eigenvalue weighted by molar-refractivity contribution is 5.96. The lowest BCUT2D eigenvalue weighted by molar-refractivity contribution is 0.0629. The van der Waals surface area contributed by atoms with Gasteiger partial charge in [0.2, 0.25) is 0 Å². The average Bonchev–Trinajstić information content (AvgIpc) is 2.62. The van der Waals surface area contributed by atoms with Crippen molar-refractivity contribution in [2.24, 2.45) is 0 Å². The SMILES string of the molecule is CCc1ccc(C2CNCCN2C(=O)c2nccnc2N)cc1. The first kappa shape index (κ1) is 15.4. The highest BCUT2D eigenvalue weighted by atomic mass is 16.2. The van der Waals surface area contributed by atoms with E-state index in [1.807, 2.05) is 4.90 Å². The Morgan fingerprint density at radius 1 is 1.30 bits per heavy atom. The first-order valence-electron chi connectivity index (χ1n) is 7.87. The van der Waals surface area contributed by atoms with Gasteiger partial charge in [-0.1, -0.05) is 31.2 Å². The maximum atomic E-state index is 12.8. The van der Waals surface area contributed by atoms with Gasteiger partial charge < -0.3 is 16.0 Å². The Morgan fingerprint density at radius 2 is 2.04 bits per heavy atom. The van der Waals surface area contributed by atoms with E-state index < -0.39 is 0 Å². The van der Waals surface area contributed by atoms with Crippen LogP contribution in [0.25, 0.3) is 0 Å². The highest BCUT2D eigenvalue weighted by Crippen LogP contribution is 2.25. The molecule has 1 aromatic carbocycles. The number of hydrogen-bond acceptors (Lipinski definition) is 5. The number of rotatable bonds is 3. The summed E-state index contributed by atoms with van der Waals surface area (Å²) in [4.78, 5) is 22.8. The van der Waals surface area contributed by atoms with Gasteiger partial charge in [0.15, 0.2) is 11.5 Å². The smallest absolute Gasteiger partial charge is 0.276 e. The van der Waals surface area contributed by atoms with Crippen molar-refractivity contribution in [3.63, 3.8) is 0 Å². The van der Waals surface area contributed by atoms with Crippen LogP contribution in [0.1, 0.15) is 34.6 Å². The molecule has 1 saturated heterocycles. The Kier molecular flexibility index (Phi) is 4.52. The van der Waals surface area contributed by atoms with E-state index in [4.69, 9.17) is 5.73 Å². The van der Waals surface area contributed by atoms with Crippen molar-refractivity contribution in [3.8, 4) is 0 Å². The standard InChI is InChI=1S/C17H21N5O/c1-2-12-3-5-13(6-4-12)14-11-19-9-10-22(14)17(23)15-16(18)21-8-7-20-15/h3-8,14,19H,2,9-11H2,1H3,(H2,18,21). The number of anilines is 1. The second-order valence-corrected chi connectivity index (χ2v) is 5.60. The molecule has 3 rings (SSSR count). The average molecular weight is 311 g/mol. The van der Waals surface area contributed by atoms with Crippen LogP contribution < -0.4 is 11.1 Å². The zero-order chi connectivity index (χ0) is 16.2. The number of nitrogen functional groups attached to an aromatic ring is 1. The molecule has 2 heterocycles. The number of nitrogens with two attached hydrogens (primary N) is 1. The van der Waals surface area contributed by atoms with Gasteiger partial charge in [0.25, 0.3) is 5.91 Å². The number of aryl methyl sites for hydroxylation is 1. The molecule has 1 aromatic heterocycles. The van der Waals surface area contributed by atoms with Gasteiger partial charge in [0.1, 0.15) is 0 Å². The number of aromatic nitrogens is 2. The second-order valence-electron chi connectivity index (χ2n) is 5.60. The van der Waals surface area contributed by atoms with Crippen molar-refractivity contribution in [1.29, 1.82) is 0 Å². The first-order chi connectivity index (χ1) is 11.2. The fourth-order valence-electron chi connectivity index (χ4n) is 2.87. The number of carbonyl (C=O) groups is 1. The number of amides is 1. The van der Waals surface area contributed by atoms with Gasteiger partial charge in [0.05, 0.1) is 6.04 Å². The molecule has 1 atom stereocenters. The lowest BCUT2D eigenvalue weighted by Gasteiger charge is -2.36. The monoisotopic (exact) mass is 311 g/mol. The van der Waals surface area contributed by atoms with E-state index in [1.165, 1.54) is 18.0 Å². The summed E-state index contributed by atoms with van der Waals surface area (Å²) in [5.74, 6) is 0.0118. The molecule has 1 aliphatic rings. The predicted octanol–water partition coefficient (Wildman–Crippen LogP) is 1.41. The van der Waals surface area contributed by atoms with Crippen molar-refractivity contribution in [2.45, 2.75) is 19.4 Å². The Bertz CT molecular complexity index is 686. The third kappa shape index (κ3) is 3.17. The van der Waals surface area contributed by atoms with E-state index in [0.717, 1.165) is 25.1 Å². The Balaban J connectivity index is 1.89. The van der Waals surface area contributed by atoms with Gasteiger partial charge in [-0.3, -0.25) is 4.79 Å². The van der Waals surface area contributed by atoms with Gasteiger partial charge in [-0.2, -0.15) is 0 Å². The molecule has 23 heavy (non-hydrogen) atoms. The van der Waals surface area contributed by atoms with Crippen LogP contribution in [0.5, 0.6) is 0 Å². The van der Waals surface area contributed by atoms with Crippen LogP contribution in [-0.2, 0) is 6.42 Å². The maximum Gasteiger partial charge on any atom is 0.276 e. The fraction of sp³-hybridized carbons (Fsp3) is 0.353. The van der Waals surface area contributed by atoms with E-state index >= 15 is 0 Å². The number of nitrogens with one attached hydrogen (secondary N) is 1. The summed E-state index contributed by atoms with van der Waals surface area (Å²) in [6.45, 7) is 4.23. The molecule has 6 nitrogen and oxygen atoms in total. The van der Waals surface area contributed by atoms with Gasteiger partial charge in [-0.25, -0.2) is 9.97 Å². The summed E-state index contributed by atoms with van der Waals surface area (Å²) in [7, 11) is 0. The lowest BCUT2D eigenvalue weighted by Crippen LogP contribution is -2.49. The summed E-state index contributed by atoms with van der Waals surface area (Å²) in [6, 6.07) is 8.39. The predicted molar refractivity (Wildman–Crippen MR) is 88.9 cm³/mol. The Labute approximate surface area is 135 Å². The van der Waals surface area contributed by atoms with Crippen LogP contribution in [0.4, 0.5) is 5.82 Å². The molecule has 0 saturated carbocycles. The number of piperazine rings is 1. The molecule has 6 heteroatoms.